The van der Waals surface area contributed by atoms with E-state index in [0.29, 0.717) is 66.7 Å². The Morgan fingerprint density at radius 2 is 1.57 bits per heavy atom. The van der Waals surface area contributed by atoms with E-state index in [0.717, 1.165) is 37.3 Å². The molecule has 12 heteroatoms. The molecule has 1 aromatic heterocycles. The Kier molecular flexibility index (Phi) is 8.52. The van der Waals surface area contributed by atoms with Crippen LogP contribution in [0.3, 0.4) is 0 Å². The average Bonchev–Trinajstić information content (AvgIpc) is 2.94. The molecule has 0 radical (unpaired) electrons. The second-order valence-electron chi connectivity index (χ2n) is 8.42. The van der Waals surface area contributed by atoms with Gasteiger partial charge in [0.15, 0.2) is 0 Å². The quantitative estimate of drug-likeness (QED) is 0.335. The molecule has 2 aromatic carbocycles. The van der Waals surface area contributed by atoms with Crippen LogP contribution in [0.15, 0.2) is 47.6 Å². The molecular weight excluding hydrogens is 517 g/mol. The molecule has 3 aromatic rings. The van der Waals surface area contributed by atoms with Crippen LogP contribution in [0.2, 0.25) is 10.0 Å². The number of hydrogen-bond acceptors (Lipinski definition) is 10. The van der Waals surface area contributed by atoms with Crippen molar-refractivity contribution in [3.63, 3.8) is 0 Å². The van der Waals surface area contributed by atoms with E-state index >= 15 is 0 Å². The molecule has 0 atom stereocenters. The molecule has 5 rings (SSSR count). The first-order valence-corrected chi connectivity index (χ1v) is 12.8. The SMILES string of the molecule is Clc1ccc(COc2cccc(/C=N\Nc3nc(N4CCOCC4)nc(N4CCOCC4)n3)c2)c(Cl)c1. The largest absolute Gasteiger partial charge is 0.489 e. The maximum absolute atomic E-state index is 6.25. The van der Waals surface area contributed by atoms with E-state index in [-0.39, 0.29) is 0 Å². The summed E-state index contributed by atoms with van der Waals surface area (Å²) in [6.07, 6.45) is 1.69. The Hall–Kier alpha value is -3.18. The summed E-state index contributed by atoms with van der Waals surface area (Å²) >= 11 is 12.2. The molecule has 3 heterocycles. The van der Waals surface area contributed by atoms with E-state index in [1.165, 1.54) is 0 Å². The van der Waals surface area contributed by atoms with E-state index < -0.39 is 0 Å². The molecule has 194 valence electrons. The van der Waals surface area contributed by atoms with Crippen molar-refractivity contribution in [2.75, 3.05) is 67.8 Å². The van der Waals surface area contributed by atoms with Crippen molar-refractivity contribution in [1.29, 1.82) is 0 Å². The summed E-state index contributed by atoms with van der Waals surface area (Å²) in [4.78, 5) is 18.1. The van der Waals surface area contributed by atoms with Crippen LogP contribution in [0.25, 0.3) is 0 Å². The molecule has 2 fully saturated rings. The van der Waals surface area contributed by atoms with Crippen molar-refractivity contribution in [1.82, 2.24) is 15.0 Å². The zero-order valence-corrected chi connectivity index (χ0v) is 21.7. The molecule has 37 heavy (non-hydrogen) atoms. The molecule has 0 unspecified atom stereocenters. The van der Waals surface area contributed by atoms with E-state index in [2.05, 4.69) is 30.3 Å². The van der Waals surface area contributed by atoms with Crippen LogP contribution in [0.5, 0.6) is 5.75 Å². The van der Waals surface area contributed by atoms with Crippen LogP contribution in [-0.4, -0.2) is 73.8 Å². The first-order chi connectivity index (χ1) is 18.1. The van der Waals surface area contributed by atoms with Gasteiger partial charge in [0.05, 0.1) is 32.6 Å². The van der Waals surface area contributed by atoms with Crippen LogP contribution in [0.4, 0.5) is 17.8 Å². The van der Waals surface area contributed by atoms with Crippen molar-refractivity contribution in [2.24, 2.45) is 5.10 Å². The fraction of sp³-hybridized carbons (Fsp3) is 0.360. The number of ether oxygens (including phenoxy) is 3. The Labute approximate surface area is 225 Å². The lowest BCUT2D eigenvalue weighted by molar-refractivity contribution is 0.121. The van der Waals surface area contributed by atoms with Gasteiger partial charge in [-0.1, -0.05) is 41.4 Å². The molecule has 0 amide bonds. The van der Waals surface area contributed by atoms with Gasteiger partial charge in [-0.15, -0.1) is 0 Å². The van der Waals surface area contributed by atoms with Crippen molar-refractivity contribution < 1.29 is 14.2 Å². The topological polar surface area (TPSA) is 97.2 Å². The van der Waals surface area contributed by atoms with E-state index in [1.54, 1.807) is 18.3 Å². The van der Waals surface area contributed by atoms with Gasteiger partial charge < -0.3 is 24.0 Å². The molecule has 2 saturated heterocycles. The summed E-state index contributed by atoms with van der Waals surface area (Å²) in [7, 11) is 0. The molecule has 1 N–H and O–H groups in total. The second kappa shape index (κ2) is 12.4. The molecular formula is C25H27Cl2N7O3. The lowest BCUT2D eigenvalue weighted by atomic mass is 10.2. The third-order valence-electron chi connectivity index (χ3n) is 5.85. The van der Waals surface area contributed by atoms with Crippen molar-refractivity contribution >= 4 is 47.3 Å². The third-order valence-corrected chi connectivity index (χ3v) is 6.43. The summed E-state index contributed by atoms with van der Waals surface area (Å²) in [5, 5.41) is 5.52. The van der Waals surface area contributed by atoms with Crippen molar-refractivity contribution in [3.8, 4) is 5.75 Å². The molecule has 2 aliphatic rings. The van der Waals surface area contributed by atoms with Crippen LogP contribution in [0.1, 0.15) is 11.1 Å². The maximum Gasteiger partial charge on any atom is 0.250 e. The van der Waals surface area contributed by atoms with Crippen LogP contribution >= 0.6 is 23.2 Å². The molecule has 0 saturated carbocycles. The number of hydrogen-bond donors (Lipinski definition) is 1. The predicted molar refractivity (Wildman–Crippen MR) is 144 cm³/mol. The lowest BCUT2D eigenvalue weighted by Crippen LogP contribution is -2.40. The van der Waals surface area contributed by atoms with Crippen molar-refractivity contribution in [2.45, 2.75) is 6.61 Å². The van der Waals surface area contributed by atoms with Gasteiger partial charge in [0.25, 0.3) is 0 Å². The zero-order chi connectivity index (χ0) is 25.5. The second-order valence-corrected chi connectivity index (χ2v) is 9.27. The molecule has 2 aliphatic heterocycles. The van der Waals surface area contributed by atoms with Gasteiger partial charge in [0.2, 0.25) is 17.8 Å². The Morgan fingerprint density at radius 3 is 2.22 bits per heavy atom. The number of morpholine rings is 2. The Bertz CT molecular complexity index is 1200. The predicted octanol–water partition coefficient (Wildman–Crippen LogP) is 3.88. The standard InChI is InChI=1S/C25H27Cl2N7O3/c26-20-5-4-19(22(27)15-20)17-37-21-3-1-2-18(14-21)16-28-32-23-29-24(33-6-10-35-11-7-33)31-25(30-23)34-8-12-36-13-9-34/h1-5,14-16H,6-13,17H2,(H,29,30,31,32)/b28-16-. The highest BCUT2D eigenvalue weighted by molar-refractivity contribution is 6.35. The van der Waals surface area contributed by atoms with Crippen LogP contribution in [-0.2, 0) is 16.1 Å². The van der Waals surface area contributed by atoms with Gasteiger partial charge in [0.1, 0.15) is 12.4 Å². The first-order valence-electron chi connectivity index (χ1n) is 12.0. The van der Waals surface area contributed by atoms with E-state index in [9.17, 15) is 0 Å². The minimum Gasteiger partial charge on any atom is -0.489 e. The third kappa shape index (κ3) is 6.98. The van der Waals surface area contributed by atoms with Gasteiger partial charge in [-0.05, 0) is 29.8 Å². The number of hydrazone groups is 1. The minimum atomic E-state index is 0.328. The number of aromatic nitrogens is 3. The van der Waals surface area contributed by atoms with E-state index in [4.69, 9.17) is 42.4 Å². The monoisotopic (exact) mass is 543 g/mol. The number of nitrogens with zero attached hydrogens (tertiary/aromatic N) is 6. The Balaban J connectivity index is 1.27. The van der Waals surface area contributed by atoms with Crippen LogP contribution in [0, 0.1) is 0 Å². The number of anilines is 3. The highest BCUT2D eigenvalue weighted by Crippen LogP contribution is 2.23. The average molecular weight is 544 g/mol. The Morgan fingerprint density at radius 1 is 0.892 bits per heavy atom. The zero-order valence-electron chi connectivity index (χ0n) is 20.1. The number of nitrogens with one attached hydrogen (secondary N) is 1. The van der Waals surface area contributed by atoms with Gasteiger partial charge in [0, 0.05) is 41.8 Å². The smallest absolute Gasteiger partial charge is 0.250 e. The maximum atomic E-state index is 6.25. The van der Waals surface area contributed by atoms with Gasteiger partial charge in [-0.2, -0.15) is 20.1 Å². The number of rotatable bonds is 8. The minimum absolute atomic E-state index is 0.328. The number of halogens is 2. The van der Waals surface area contributed by atoms with Gasteiger partial charge >= 0.3 is 0 Å². The highest BCUT2D eigenvalue weighted by Gasteiger charge is 2.20. The molecule has 10 nitrogen and oxygen atoms in total. The molecule has 0 bridgehead atoms. The summed E-state index contributed by atoms with van der Waals surface area (Å²) in [5.74, 6) is 2.28. The molecule has 0 aliphatic carbocycles. The summed E-state index contributed by atoms with van der Waals surface area (Å²) in [5.41, 5.74) is 4.67. The number of benzene rings is 2. The normalized spacial score (nSPS) is 16.3. The molecule has 0 spiro atoms. The fourth-order valence-electron chi connectivity index (χ4n) is 3.86. The highest BCUT2D eigenvalue weighted by atomic mass is 35.5. The van der Waals surface area contributed by atoms with Gasteiger partial charge in [-0.25, -0.2) is 5.43 Å². The lowest BCUT2D eigenvalue weighted by Gasteiger charge is -2.30. The van der Waals surface area contributed by atoms with E-state index in [1.807, 2.05) is 30.3 Å². The van der Waals surface area contributed by atoms with Gasteiger partial charge in [-0.3, -0.25) is 0 Å². The van der Waals surface area contributed by atoms with Crippen molar-refractivity contribution in [3.05, 3.63) is 63.6 Å². The fourth-order valence-corrected chi connectivity index (χ4v) is 4.33. The summed E-state index contributed by atoms with van der Waals surface area (Å²) in [6.45, 7) is 5.79. The summed E-state index contributed by atoms with van der Waals surface area (Å²) < 4.78 is 16.9. The van der Waals surface area contributed by atoms with Crippen LogP contribution < -0.4 is 20.0 Å². The summed E-state index contributed by atoms with van der Waals surface area (Å²) in [6, 6.07) is 12.9. The first kappa shape index (κ1) is 25.5.